The van der Waals surface area contributed by atoms with E-state index in [4.69, 9.17) is 11.0 Å². The van der Waals surface area contributed by atoms with E-state index in [1.807, 2.05) is 0 Å². The molecule has 1 amide bonds. The van der Waals surface area contributed by atoms with E-state index in [1.54, 1.807) is 19.9 Å². The zero-order valence-corrected chi connectivity index (χ0v) is 9.19. The fourth-order valence-electron chi connectivity index (χ4n) is 0.801. The summed E-state index contributed by atoms with van der Waals surface area (Å²) in [4.78, 5) is 11.0. The van der Waals surface area contributed by atoms with Gasteiger partial charge in [-0.2, -0.15) is 5.26 Å². The van der Waals surface area contributed by atoms with Crippen molar-refractivity contribution in [2.45, 2.75) is 19.4 Å². The molecule has 0 heterocycles. The van der Waals surface area contributed by atoms with Crippen LogP contribution in [0, 0.1) is 11.3 Å². The van der Waals surface area contributed by atoms with Crippen LogP contribution in [0.3, 0.4) is 0 Å². The van der Waals surface area contributed by atoms with E-state index >= 15 is 0 Å². The molecule has 0 bridgehead atoms. The number of nitrogens with one attached hydrogen (secondary N) is 1. The molecule has 1 atom stereocenters. The summed E-state index contributed by atoms with van der Waals surface area (Å²) in [6.07, 6.45) is 0. The van der Waals surface area contributed by atoms with Crippen molar-refractivity contribution in [2.75, 3.05) is 18.1 Å². The van der Waals surface area contributed by atoms with E-state index in [0.717, 1.165) is 0 Å². The Kier molecular flexibility index (Phi) is 5.35. The van der Waals surface area contributed by atoms with E-state index < -0.39 is 16.3 Å². The lowest BCUT2D eigenvalue weighted by atomic mass is 10.1. The Morgan fingerprint density at radius 1 is 1.64 bits per heavy atom. The van der Waals surface area contributed by atoms with Gasteiger partial charge in [0.05, 0.1) is 6.07 Å². The first-order valence-corrected chi connectivity index (χ1v) is 5.61. The van der Waals surface area contributed by atoms with Crippen LogP contribution in [-0.4, -0.2) is 33.7 Å². The zero-order chi connectivity index (χ0) is 11.2. The summed E-state index contributed by atoms with van der Waals surface area (Å²) in [6, 6.07) is 1.76. The summed E-state index contributed by atoms with van der Waals surface area (Å²) < 4.78 is 11.3. The Morgan fingerprint density at radius 3 is 2.64 bits per heavy atom. The third-order valence-corrected chi connectivity index (χ3v) is 2.84. The van der Waals surface area contributed by atoms with Crippen LogP contribution in [0.5, 0.6) is 0 Å². The Labute approximate surface area is 86.1 Å². The van der Waals surface area contributed by atoms with Gasteiger partial charge in [-0.1, -0.05) is 0 Å². The second-order valence-corrected chi connectivity index (χ2v) is 5.11. The van der Waals surface area contributed by atoms with Gasteiger partial charge in [0.2, 0.25) is 5.91 Å². The van der Waals surface area contributed by atoms with Crippen LogP contribution in [0.2, 0.25) is 0 Å². The zero-order valence-electron chi connectivity index (χ0n) is 8.37. The average Bonchev–Trinajstić information content (AvgIpc) is 1.96. The smallest absolute Gasteiger partial charge is 0.233 e. The molecule has 14 heavy (non-hydrogen) atoms. The molecule has 0 aliphatic heterocycles. The predicted molar refractivity (Wildman–Crippen MR) is 54.8 cm³/mol. The first-order valence-electron chi connectivity index (χ1n) is 4.12. The molecule has 0 fully saturated rings. The highest BCUT2D eigenvalue weighted by molar-refractivity contribution is 7.85. The minimum Gasteiger partial charge on any atom is -0.342 e. The molecule has 0 saturated heterocycles. The highest BCUT2D eigenvalue weighted by Gasteiger charge is 2.17. The first kappa shape index (κ1) is 13.1. The first-order chi connectivity index (χ1) is 6.35. The summed E-state index contributed by atoms with van der Waals surface area (Å²) in [5.41, 5.74) is 5.09. The van der Waals surface area contributed by atoms with E-state index in [9.17, 15) is 9.00 Å². The van der Waals surface area contributed by atoms with Crippen molar-refractivity contribution < 1.29 is 9.00 Å². The van der Waals surface area contributed by atoms with Crippen molar-refractivity contribution in [3.63, 3.8) is 0 Å². The van der Waals surface area contributed by atoms with Gasteiger partial charge < -0.3 is 11.1 Å². The second-order valence-electron chi connectivity index (χ2n) is 3.65. The molecule has 0 rings (SSSR count). The highest BCUT2D eigenvalue weighted by Crippen LogP contribution is 1.99. The van der Waals surface area contributed by atoms with Gasteiger partial charge in [-0.05, 0) is 13.8 Å². The molecule has 6 heteroatoms. The van der Waals surface area contributed by atoms with Crippen LogP contribution < -0.4 is 11.1 Å². The number of amides is 1. The largest absolute Gasteiger partial charge is 0.342 e. The third-order valence-electron chi connectivity index (χ3n) is 1.19. The number of nitriles is 1. The van der Waals surface area contributed by atoms with Crippen molar-refractivity contribution in [1.29, 1.82) is 5.26 Å². The summed E-state index contributed by atoms with van der Waals surface area (Å²) in [7, 11) is -1.27. The van der Waals surface area contributed by atoms with Crippen LogP contribution >= 0.6 is 0 Å². The summed E-state index contributed by atoms with van der Waals surface area (Å²) in [5, 5.41) is 10.5. The molecule has 0 saturated carbocycles. The van der Waals surface area contributed by atoms with Crippen molar-refractivity contribution in [2.24, 2.45) is 5.73 Å². The Balaban J connectivity index is 3.85. The topological polar surface area (TPSA) is 96.0 Å². The fraction of sp³-hybridized carbons (Fsp3) is 0.750. The van der Waals surface area contributed by atoms with E-state index in [1.165, 1.54) is 0 Å². The van der Waals surface area contributed by atoms with Crippen molar-refractivity contribution >= 4 is 16.7 Å². The van der Waals surface area contributed by atoms with Crippen LogP contribution in [0.25, 0.3) is 0 Å². The van der Waals surface area contributed by atoms with Crippen molar-refractivity contribution in [3.8, 4) is 6.07 Å². The van der Waals surface area contributed by atoms with Crippen LogP contribution in [0.1, 0.15) is 13.8 Å². The number of rotatable bonds is 5. The number of nitrogens with zero attached hydrogens (tertiary/aromatic N) is 1. The van der Waals surface area contributed by atoms with Crippen LogP contribution in [0.15, 0.2) is 0 Å². The molecule has 0 aliphatic rings. The highest BCUT2D eigenvalue weighted by atomic mass is 32.2. The predicted octanol–water partition coefficient (Wildman–Crippen LogP) is -0.888. The lowest BCUT2D eigenvalue weighted by molar-refractivity contribution is -0.118. The van der Waals surface area contributed by atoms with Gasteiger partial charge in [0.25, 0.3) is 0 Å². The number of hydrogen-bond donors (Lipinski definition) is 2. The molecule has 0 spiro atoms. The van der Waals surface area contributed by atoms with E-state index in [2.05, 4.69) is 5.32 Å². The molecule has 0 aromatic rings. The van der Waals surface area contributed by atoms with Crippen molar-refractivity contribution in [3.05, 3.63) is 0 Å². The van der Waals surface area contributed by atoms with Gasteiger partial charge in [0, 0.05) is 22.1 Å². The second kappa shape index (κ2) is 5.73. The molecular formula is C8H15N3O2S. The molecule has 0 radical (unpaired) electrons. The number of nitrogens with two attached hydrogens (primary N) is 1. The Morgan fingerprint density at radius 2 is 2.21 bits per heavy atom. The normalized spacial score (nSPS) is 13.0. The number of hydrogen-bond acceptors (Lipinski definition) is 4. The summed E-state index contributed by atoms with van der Waals surface area (Å²) in [6.45, 7) is 3.44. The molecule has 5 nitrogen and oxygen atoms in total. The number of carbonyl (C=O) groups excluding carboxylic acids is 1. The summed E-state index contributed by atoms with van der Waals surface area (Å²) in [5.74, 6) is -0.205. The maximum atomic E-state index is 11.3. The molecular weight excluding hydrogens is 202 g/mol. The molecule has 1 unspecified atom stereocenters. The van der Waals surface area contributed by atoms with E-state index in [-0.39, 0.29) is 24.0 Å². The molecule has 0 aromatic carbocycles. The van der Waals surface area contributed by atoms with Crippen LogP contribution in [-0.2, 0) is 15.6 Å². The molecule has 80 valence electrons. The van der Waals surface area contributed by atoms with Crippen LogP contribution in [0.4, 0.5) is 0 Å². The molecule has 0 aromatic heterocycles. The monoisotopic (exact) mass is 217 g/mol. The Bertz CT molecular complexity index is 265. The molecule has 3 N–H and O–H groups in total. The van der Waals surface area contributed by atoms with Crippen molar-refractivity contribution in [1.82, 2.24) is 5.32 Å². The van der Waals surface area contributed by atoms with Gasteiger partial charge >= 0.3 is 0 Å². The maximum Gasteiger partial charge on any atom is 0.233 e. The lowest BCUT2D eigenvalue weighted by Gasteiger charge is -2.16. The molecule has 0 aliphatic carbocycles. The van der Waals surface area contributed by atoms with E-state index in [0.29, 0.717) is 0 Å². The van der Waals surface area contributed by atoms with Gasteiger partial charge in [-0.15, -0.1) is 0 Å². The Hall–Kier alpha value is -0.930. The van der Waals surface area contributed by atoms with Gasteiger partial charge in [-0.25, -0.2) is 0 Å². The average molecular weight is 217 g/mol. The minimum absolute atomic E-state index is 0.0535. The maximum absolute atomic E-state index is 11.3. The lowest BCUT2D eigenvalue weighted by Crippen LogP contribution is -2.40. The quantitative estimate of drug-likeness (QED) is 0.584. The van der Waals surface area contributed by atoms with Gasteiger partial charge in [-0.3, -0.25) is 9.00 Å². The third kappa shape index (κ3) is 7.71. The fourth-order valence-corrected chi connectivity index (χ4v) is 2.13. The SMILES string of the molecule is CC(C)(N)CS(=O)CC(=O)NCC#N. The number of carbonyl (C=O) groups is 1. The standard InChI is InChI=1S/C8H15N3O2S/c1-8(2,10)6-14(13)5-7(12)11-4-3-9/h4-6,10H2,1-2H3,(H,11,12). The van der Waals surface area contributed by atoms with Gasteiger partial charge in [0.1, 0.15) is 12.3 Å². The minimum atomic E-state index is -1.27. The van der Waals surface area contributed by atoms with Gasteiger partial charge in [0.15, 0.2) is 0 Å². The summed E-state index contributed by atoms with van der Waals surface area (Å²) >= 11 is 0.